The third-order valence-electron chi connectivity index (χ3n) is 2.09. The summed E-state index contributed by atoms with van der Waals surface area (Å²) >= 11 is 3.20. The molecule has 0 amide bonds. The van der Waals surface area contributed by atoms with Crippen molar-refractivity contribution in [1.82, 2.24) is 4.72 Å². The first-order valence-electron chi connectivity index (χ1n) is 4.75. The summed E-state index contributed by atoms with van der Waals surface area (Å²) in [6.07, 6.45) is 0. The van der Waals surface area contributed by atoms with E-state index in [0.717, 1.165) is 0 Å². The van der Waals surface area contributed by atoms with Gasteiger partial charge < -0.3 is 0 Å². The zero-order valence-corrected chi connectivity index (χ0v) is 11.4. The lowest BCUT2D eigenvalue weighted by atomic mass is 10.2. The molecule has 0 saturated heterocycles. The predicted octanol–water partition coefficient (Wildman–Crippen LogP) is 2.42. The second-order valence-electron chi connectivity index (χ2n) is 3.65. The number of sulfonamides is 1. The molecule has 0 unspecified atom stereocenters. The van der Waals surface area contributed by atoms with Crippen LogP contribution in [0.1, 0.15) is 19.4 Å². The Morgan fingerprint density at radius 2 is 2.06 bits per heavy atom. The Morgan fingerprint density at radius 3 is 2.62 bits per heavy atom. The van der Waals surface area contributed by atoms with Gasteiger partial charge >= 0.3 is 0 Å². The van der Waals surface area contributed by atoms with Gasteiger partial charge in [0, 0.05) is 16.6 Å². The third kappa shape index (κ3) is 3.54. The quantitative estimate of drug-likeness (QED) is 0.928. The van der Waals surface area contributed by atoms with Gasteiger partial charge in [0.25, 0.3) is 0 Å². The third-order valence-corrected chi connectivity index (χ3v) is 4.37. The Labute approximate surface area is 103 Å². The van der Waals surface area contributed by atoms with Crippen molar-refractivity contribution in [2.24, 2.45) is 0 Å². The smallest absolute Gasteiger partial charge is 0.212 e. The van der Waals surface area contributed by atoms with E-state index < -0.39 is 21.1 Å². The van der Waals surface area contributed by atoms with Crippen LogP contribution >= 0.6 is 15.9 Å². The first-order valence-corrected chi connectivity index (χ1v) is 7.09. The largest absolute Gasteiger partial charge is 0.214 e. The molecular weight excluding hydrogens is 297 g/mol. The van der Waals surface area contributed by atoms with Crippen molar-refractivity contribution in [3.8, 4) is 0 Å². The summed E-state index contributed by atoms with van der Waals surface area (Å²) in [7, 11) is -3.36. The molecule has 0 bridgehead atoms. The molecule has 0 aliphatic heterocycles. The number of rotatable bonds is 4. The number of halogens is 2. The molecule has 0 radical (unpaired) electrons. The van der Waals surface area contributed by atoms with Crippen LogP contribution in [0.5, 0.6) is 0 Å². The molecule has 16 heavy (non-hydrogen) atoms. The number of benzene rings is 1. The van der Waals surface area contributed by atoms with Crippen LogP contribution in [0.25, 0.3) is 0 Å². The van der Waals surface area contributed by atoms with Crippen LogP contribution in [0.4, 0.5) is 4.39 Å². The first-order chi connectivity index (χ1) is 7.33. The fourth-order valence-electron chi connectivity index (χ4n) is 1.02. The highest BCUT2D eigenvalue weighted by atomic mass is 79.9. The van der Waals surface area contributed by atoms with Gasteiger partial charge in [-0.2, -0.15) is 0 Å². The van der Waals surface area contributed by atoms with E-state index in [1.165, 1.54) is 6.07 Å². The van der Waals surface area contributed by atoms with Crippen LogP contribution < -0.4 is 4.72 Å². The van der Waals surface area contributed by atoms with Gasteiger partial charge in [-0.15, -0.1) is 0 Å². The van der Waals surface area contributed by atoms with E-state index in [0.29, 0.717) is 10.0 Å². The van der Waals surface area contributed by atoms with Crippen LogP contribution in [0.2, 0.25) is 0 Å². The van der Waals surface area contributed by atoms with E-state index in [1.54, 1.807) is 26.0 Å². The van der Waals surface area contributed by atoms with E-state index in [9.17, 15) is 12.8 Å². The number of nitrogens with one attached hydrogen (secondary N) is 1. The van der Waals surface area contributed by atoms with E-state index >= 15 is 0 Å². The van der Waals surface area contributed by atoms with Crippen molar-refractivity contribution >= 4 is 26.0 Å². The summed E-state index contributed by atoms with van der Waals surface area (Å²) in [5, 5.41) is -0.525. The number of hydrogen-bond acceptors (Lipinski definition) is 2. The minimum Gasteiger partial charge on any atom is -0.212 e. The van der Waals surface area contributed by atoms with Crippen molar-refractivity contribution in [3.63, 3.8) is 0 Å². The summed E-state index contributed by atoms with van der Waals surface area (Å²) in [4.78, 5) is 0. The lowest BCUT2D eigenvalue weighted by Crippen LogP contribution is -2.30. The molecule has 0 aromatic heterocycles. The van der Waals surface area contributed by atoms with E-state index in [-0.39, 0.29) is 6.54 Å². The second-order valence-corrected chi connectivity index (χ2v) is 6.89. The fourth-order valence-corrected chi connectivity index (χ4v) is 2.12. The molecule has 1 N–H and O–H groups in total. The van der Waals surface area contributed by atoms with Crippen molar-refractivity contribution in [1.29, 1.82) is 0 Å². The molecule has 90 valence electrons. The Kier molecular flexibility index (Phi) is 4.46. The van der Waals surface area contributed by atoms with Crippen molar-refractivity contribution < 1.29 is 12.8 Å². The lowest BCUT2D eigenvalue weighted by molar-refractivity contribution is 0.566. The molecule has 0 aliphatic rings. The monoisotopic (exact) mass is 309 g/mol. The minimum atomic E-state index is -3.36. The average Bonchev–Trinajstić information content (AvgIpc) is 2.19. The summed E-state index contributed by atoms with van der Waals surface area (Å²) in [6.45, 7) is 3.10. The van der Waals surface area contributed by atoms with Gasteiger partial charge in [0.1, 0.15) is 5.82 Å². The Balaban J connectivity index is 2.79. The van der Waals surface area contributed by atoms with Gasteiger partial charge in [-0.1, -0.05) is 15.9 Å². The van der Waals surface area contributed by atoms with Crippen LogP contribution in [0, 0.1) is 5.82 Å². The molecular formula is C10H13BrFNO2S. The Bertz CT molecular complexity index is 474. The van der Waals surface area contributed by atoms with Crippen LogP contribution in [0.3, 0.4) is 0 Å². The predicted molar refractivity (Wildman–Crippen MR) is 65.0 cm³/mol. The topological polar surface area (TPSA) is 46.2 Å². The van der Waals surface area contributed by atoms with Crippen LogP contribution in [0.15, 0.2) is 22.7 Å². The van der Waals surface area contributed by atoms with Crippen molar-refractivity contribution in [3.05, 3.63) is 34.1 Å². The lowest BCUT2D eigenvalue weighted by Gasteiger charge is -2.10. The summed E-state index contributed by atoms with van der Waals surface area (Å²) in [6, 6.07) is 4.41. The van der Waals surface area contributed by atoms with Gasteiger partial charge in [0.2, 0.25) is 10.0 Å². The van der Waals surface area contributed by atoms with Crippen molar-refractivity contribution in [2.45, 2.75) is 25.6 Å². The molecule has 3 nitrogen and oxygen atoms in total. The first kappa shape index (κ1) is 13.6. The molecule has 0 aliphatic carbocycles. The van der Waals surface area contributed by atoms with E-state index in [1.807, 2.05) is 0 Å². The van der Waals surface area contributed by atoms with E-state index in [2.05, 4.69) is 20.7 Å². The molecule has 1 aromatic carbocycles. The molecule has 6 heteroatoms. The fraction of sp³-hybridized carbons (Fsp3) is 0.400. The standard InChI is InChI=1S/C10H13BrFNO2S/c1-7(2)16(14,15)13-6-8-5-9(11)3-4-10(8)12/h3-5,7,13H,6H2,1-2H3. The molecule has 1 rings (SSSR count). The van der Waals surface area contributed by atoms with Crippen molar-refractivity contribution in [2.75, 3.05) is 0 Å². The second kappa shape index (κ2) is 5.25. The van der Waals surface area contributed by atoms with Gasteiger partial charge in [-0.25, -0.2) is 17.5 Å². The molecule has 0 fully saturated rings. The summed E-state index contributed by atoms with van der Waals surface area (Å²) in [5.74, 6) is -0.422. The van der Waals surface area contributed by atoms with Gasteiger partial charge in [0.05, 0.1) is 5.25 Å². The maximum absolute atomic E-state index is 13.3. The molecule has 0 atom stereocenters. The average molecular weight is 310 g/mol. The molecule has 0 saturated carbocycles. The maximum Gasteiger partial charge on any atom is 0.214 e. The maximum atomic E-state index is 13.3. The van der Waals surface area contributed by atoms with Gasteiger partial charge in [-0.3, -0.25) is 0 Å². The highest BCUT2D eigenvalue weighted by Gasteiger charge is 2.15. The minimum absolute atomic E-state index is 0.0359. The molecule has 1 aromatic rings. The van der Waals surface area contributed by atoms with Gasteiger partial charge in [-0.05, 0) is 32.0 Å². The van der Waals surface area contributed by atoms with Gasteiger partial charge in [0.15, 0.2) is 0 Å². The Hall–Kier alpha value is -0.460. The highest BCUT2D eigenvalue weighted by molar-refractivity contribution is 9.10. The molecule has 0 heterocycles. The Morgan fingerprint density at radius 1 is 1.44 bits per heavy atom. The van der Waals surface area contributed by atoms with Crippen LogP contribution in [-0.4, -0.2) is 13.7 Å². The van der Waals surface area contributed by atoms with E-state index in [4.69, 9.17) is 0 Å². The zero-order chi connectivity index (χ0) is 12.3. The summed E-state index contributed by atoms with van der Waals surface area (Å²) in [5.41, 5.74) is 0.318. The SMILES string of the molecule is CC(C)S(=O)(=O)NCc1cc(Br)ccc1F. The number of hydrogen-bond donors (Lipinski definition) is 1. The van der Waals surface area contributed by atoms with Crippen LogP contribution in [-0.2, 0) is 16.6 Å². The highest BCUT2D eigenvalue weighted by Crippen LogP contribution is 2.15. The summed E-state index contributed by atoms with van der Waals surface area (Å²) < 4.78 is 39.3. The zero-order valence-electron chi connectivity index (χ0n) is 9.00. The normalized spacial score (nSPS) is 12.1. The molecule has 0 spiro atoms.